The molecule has 3 aromatic rings. The normalized spacial score (nSPS) is 10.4. The SMILES string of the molecule is CCc1ccc(C(=O)NNC(=O)c2cccc(NC(=O)CCCc3cccs3)c2)cc1. The van der Waals surface area contributed by atoms with Crippen LogP contribution < -0.4 is 16.2 Å². The van der Waals surface area contributed by atoms with E-state index in [1.165, 1.54) is 4.88 Å². The summed E-state index contributed by atoms with van der Waals surface area (Å²) in [6.07, 6.45) is 2.92. The van der Waals surface area contributed by atoms with Crippen LogP contribution in [-0.2, 0) is 17.6 Å². The van der Waals surface area contributed by atoms with Gasteiger partial charge in [-0.15, -0.1) is 11.3 Å². The zero-order valence-corrected chi connectivity index (χ0v) is 18.1. The highest BCUT2D eigenvalue weighted by atomic mass is 32.1. The minimum Gasteiger partial charge on any atom is -0.326 e. The number of anilines is 1. The van der Waals surface area contributed by atoms with Crippen LogP contribution in [0.5, 0.6) is 0 Å². The summed E-state index contributed by atoms with van der Waals surface area (Å²) < 4.78 is 0. The molecule has 0 radical (unpaired) electrons. The summed E-state index contributed by atoms with van der Waals surface area (Å²) in [5, 5.41) is 4.84. The molecule has 0 fully saturated rings. The van der Waals surface area contributed by atoms with Crippen molar-refractivity contribution in [3.8, 4) is 0 Å². The molecule has 1 heterocycles. The molecule has 1 aromatic heterocycles. The number of amides is 3. The topological polar surface area (TPSA) is 87.3 Å². The summed E-state index contributed by atoms with van der Waals surface area (Å²) in [6.45, 7) is 2.04. The first-order chi connectivity index (χ1) is 15.0. The average molecular weight is 436 g/mol. The molecule has 0 saturated carbocycles. The minimum atomic E-state index is -0.465. The second-order valence-electron chi connectivity index (χ2n) is 7.02. The van der Waals surface area contributed by atoms with Gasteiger partial charge in [0.05, 0.1) is 0 Å². The highest BCUT2D eigenvalue weighted by molar-refractivity contribution is 7.09. The molecule has 31 heavy (non-hydrogen) atoms. The molecule has 0 unspecified atom stereocenters. The van der Waals surface area contributed by atoms with E-state index in [1.54, 1.807) is 47.7 Å². The van der Waals surface area contributed by atoms with E-state index in [-0.39, 0.29) is 5.91 Å². The Labute approximate surface area is 185 Å². The van der Waals surface area contributed by atoms with Gasteiger partial charge in [-0.1, -0.05) is 31.2 Å². The number of hydrogen-bond donors (Lipinski definition) is 3. The summed E-state index contributed by atoms with van der Waals surface area (Å²) in [6, 6.07) is 17.9. The second-order valence-corrected chi connectivity index (χ2v) is 8.05. The third-order valence-electron chi connectivity index (χ3n) is 4.73. The number of carbonyl (C=O) groups excluding carboxylic acids is 3. The Kier molecular flexibility index (Phi) is 7.95. The predicted molar refractivity (Wildman–Crippen MR) is 123 cm³/mol. The highest BCUT2D eigenvalue weighted by Crippen LogP contribution is 2.14. The van der Waals surface area contributed by atoms with Gasteiger partial charge in [0.2, 0.25) is 5.91 Å². The number of thiophene rings is 1. The van der Waals surface area contributed by atoms with E-state index in [9.17, 15) is 14.4 Å². The van der Waals surface area contributed by atoms with Gasteiger partial charge in [-0.25, -0.2) is 0 Å². The molecule has 0 bridgehead atoms. The van der Waals surface area contributed by atoms with E-state index in [0.717, 1.165) is 24.8 Å². The van der Waals surface area contributed by atoms with Crippen molar-refractivity contribution in [1.29, 1.82) is 0 Å². The zero-order chi connectivity index (χ0) is 22.1. The van der Waals surface area contributed by atoms with Crippen LogP contribution in [-0.4, -0.2) is 17.7 Å². The van der Waals surface area contributed by atoms with Gasteiger partial charge in [-0.3, -0.25) is 25.2 Å². The van der Waals surface area contributed by atoms with Crippen molar-refractivity contribution in [1.82, 2.24) is 10.9 Å². The molecule has 0 aliphatic heterocycles. The molecule has 3 rings (SSSR count). The van der Waals surface area contributed by atoms with Crippen LogP contribution in [0.15, 0.2) is 66.0 Å². The van der Waals surface area contributed by atoms with Crippen molar-refractivity contribution < 1.29 is 14.4 Å². The van der Waals surface area contributed by atoms with E-state index in [2.05, 4.69) is 22.2 Å². The van der Waals surface area contributed by atoms with Gasteiger partial charge < -0.3 is 5.32 Å². The van der Waals surface area contributed by atoms with Gasteiger partial charge in [0, 0.05) is 28.1 Å². The van der Waals surface area contributed by atoms with Crippen LogP contribution in [0.1, 0.15) is 50.9 Å². The Hall–Kier alpha value is -3.45. The van der Waals surface area contributed by atoms with E-state index in [1.807, 2.05) is 30.5 Å². The van der Waals surface area contributed by atoms with Gasteiger partial charge in [-0.2, -0.15) is 0 Å². The van der Waals surface area contributed by atoms with Crippen LogP contribution in [0.3, 0.4) is 0 Å². The van der Waals surface area contributed by atoms with Gasteiger partial charge in [0.15, 0.2) is 0 Å². The lowest BCUT2D eigenvalue weighted by molar-refractivity contribution is -0.116. The van der Waals surface area contributed by atoms with Crippen molar-refractivity contribution in [3.63, 3.8) is 0 Å². The molecule has 0 spiro atoms. The fourth-order valence-electron chi connectivity index (χ4n) is 2.99. The van der Waals surface area contributed by atoms with Crippen LogP contribution in [0.4, 0.5) is 5.69 Å². The fourth-order valence-corrected chi connectivity index (χ4v) is 3.74. The Balaban J connectivity index is 1.48. The predicted octanol–water partition coefficient (Wildman–Crippen LogP) is 4.35. The smallest absolute Gasteiger partial charge is 0.269 e. The third-order valence-corrected chi connectivity index (χ3v) is 5.67. The van der Waals surface area contributed by atoms with Crippen LogP contribution in [0, 0.1) is 0 Å². The third kappa shape index (κ3) is 6.79. The molecule has 7 heteroatoms. The van der Waals surface area contributed by atoms with Crippen molar-refractivity contribution in [2.75, 3.05) is 5.32 Å². The fraction of sp³-hybridized carbons (Fsp3) is 0.208. The second kappa shape index (κ2) is 11.1. The number of nitrogens with one attached hydrogen (secondary N) is 3. The standard InChI is InChI=1S/C24H25N3O3S/c1-2-17-11-13-18(14-12-17)23(29)26-27-24(30)19-6-3-7-20(16-19)25-22(28)10-4-8-21-9-5-15-31-21/h3,5-7,9,11-16H,2,4,8,10H2,1H3,(H,25,28)(H,26,29)(H,27,30). The van der Waals surface area contributed by atoms with E-state index in [0.29, 0.717) is 23.2 Å². The monoisotopic (exact) mass is 435 g/mol. The molecule has 0 atom stereocenters. The van der Waals surface area contributed by atoms with Crippen molar-refractivity contribution in [3.05, 3.63) is 87.6 Å². The van der Waals surface area contributed by atoms with E-state index in [4.69, 9.17) is 0 Å². The molecule has 6 nitrogen and oxygen atoms in total. The highest BCUT2D eigenvalue weighted by Gasteiger charge is 2.11. The molecule has 0 aliphatic rings. The van der Waals surface area contributed by atoms with E-state index >= 15 is 0 Å². The Morgan fingerprint density at radius 1 is 0.871 bits per heavy atom. The summed E-state index contributed by atoms with van der Waals surface area (Å²) >= 11 is 1.68. The number of benzene rings is 2. The first kappa shape index (κ1) is 22.2. The Morgan fingerprint density at radius 2 is 1.61 bits per heavy atom. The van der Waals surface area contributed by atoms with Crippen molar-refractivity contribution in [2.24, 2.45) is 0 Å². The lowest BCUT2D eigenvalue weighted by Gasteiger charge is -2.10. The number of carbonyl (C=O) groups is 3. The summed E-state index contributed by atoms with van der Waals surface area (Å²) in [5.74, 6) is -0.962. The molecule has 0 aliphatic carbocycles. The van der Waals surface area contributed by atoms with Gasteiger partial charge in [0.25, 0.3) is 11.8 Å². The Morgan fingerprint density at radius 3 is 2.29 bits per heavy atom. The molecule has 3 N–H and O–H groups in total. The minimum absolute atomic E-state index is 0.0991. The summed E-state index contributed by atoms with van der Waals surface area (Å²) in [5.41, 5.74) is 7.28. The number of hydrazine groups is 1. The van der Waals surface area contributed by atoms with Crippen molar-refractivity contribution >= 4 is 34.7 Å². The van der Waals surface area contributed by atoms with Gasteiger partial charge in [-0.05, 0) is 66.6 Å². The van der Waals surface area contributed by atoms with Crippen LogP contribution in [0.25, 0.3) is 0 Å². The number of aryl methyl sites for hydroxylation is 2. The maximum atomic E-state index is 12.4. The zero-order valence-electron chi connectivity index (χ0n) is 17.3. The van der Waals surface area contributed by atoms with Gasteiger partial charge in [0.1, 0.15) is 0 Å². The average Bonchev–Trinajstić information content (AvgIpc) is 3.31. The van der Waals surface area contributed by atoms with Crippen LogP contribution >= 0.6 is 11.3 Å². The Bertz CT molecular complexity index is 1030. The first-order valence-corrected chi connectivity index (χ1v) is 11.0. The molecule has 0 saturated heterocycles. The molecular weight excluding hydrogens is 410 g/mol. The van der Waals surface area contributed by atoms with Gasteiger partial charge >= 0.3 is 0 Å². The lowest BCUT2D eigenvalue weighted by atomic mass is 10.1. The molecular formula is C24H25N3O3S. The first-order valence-electron chi connectivity index (χ1n) is 10.2. The quantitative estimate of drug-likeness (QED) is 0.460. The van der Waals surface area contributed by atoms with Crippen molar-refractivity contribution in [2.45, 2.75) is 32.6 Å². The number of hydrogen-bond acceptors (Lipinski definition) is 4. The molecule has 2 aromatic carbocycles. The summed E-state index contributed by atoms with van der Waals surface area (Å²) in [4.78, 5) is 38.0. The molecule has 3 amide bonds. The maximum absolute atomic E-state index is 12.4. The largest absolute Gasteiger partial charge is 0.326 e. The summed E-state index contributed by atoms with van der Waals surface area (Å²) in [7, 11) is 0. The number of rotatable bonds is 8. The van der Waals surface area contributed by atoms with E-state index < -0.39 is 11.8 Å². The molecule has 160 valence electrons. The maximum Gasteiger partial charge on any atom is 0.269 e. The lowest BCUT2D eigenvalue weighted by Crippen LogP contribution is -2.41. The van der Waals surface area contributed by atoms with Crippen LogP contribution in [0.2, 0.25) is 0 Å².